The van der Waals surface area contributed by atoms with Gasteiger partial charge in [-0.2, -0.15) is 0 Å². The maximum absolute atomic E-state index is 10.8. The Morgan fingerprint density at radius 3 is 2.36 bits per heavy atom. The van der Waals surface area contributed by atoms with Gasteiger partial charge in [0, 0.05) is 19.4 Å². The molecule has 0 bridgehead atoms. The van der Waals surface area contributed by atoms with E-state index < -0.39 is 5.97 Å². The van der Waals surface area contributed by atoms with Crippen molar-refractivity contribution in [2.45, 2.75) is 32.1 Å². The summed E-state index contributed by atoms with van der Waals surface area (Å²) in [7, 11) is 0. The second-order valence-corrected chi connectivity index (χ2v) is 2.90. The molecule has 0 aromatic heterocycles. The molecule has 0 radical (unpaired) electrons. The number of carbonyl (C=O) groups excluding carboxylic acids is 1. The van der Waals surface area contributed by atoms with Gasteiger partial charge in [-0.25, -0.2) is 0 Å². The molecule has 5 nitrogen and oxygen atoms in total. The van der Waals surface area contributed by atoms with Crippen molar-refractivity contribution >= 4 is 11.9 Å². The van der Waals surface area contributed by atoms with Crippen molar-refractivity contribution in [3.8, 4) is 0 Å². The number of carboxylic acid groups (broad SMARTS) is 1. The van der Waals surface area contributed by atoms with E-state index in [4.69, 9.17) is 14.9 Å². The Morgan fingerprint density at radius 1 is 1.07 bits per heavy atom. The van der Waals surface area contributed by atoms with Gasteiger partial charge in [-0.05, 0) is 19.3 Å². The number of esters is 1. The molecule has 0 aliphatic heterocycles. The van der Waals surface area contributed by atoms with Gasteiger partial charge in [0.2, 0.25) is 0 Å². The summed E-state index contributed by atoms with van der Waals surface area (Å²) < 4.78 is 4.78. The van der Waals surface area contributed by atoms with E-state index in [2.05, 4.69) is 0 Å². The molecule has 0 aliphatic carbocycles. The minimum Gasteiger partial charge on any atom is -0.481 e. The van der Waals surface area contributed by atoms with Crippen LogP contribution in [0.2, 0.25) is 0 Å². The van der Waals surface area contributed by atoms with Crippen LogP contribution in [0.5, 0.6) is 0 Å². The fourth-order valence-electron chi connectivity index (χ4n) is 0.860. The molecule has 0 aliphatic rings. The summed E-state index contributed by atoms with van der Waals surface area (Å²) in [5.74, 6) is -1.18. The van der Waals surface area contributed by atoms with E-state index >= 15 is 0 Å². The van der Waals surface area contributed by atoms with Crippen molar-refractivity contribution in [1.29, 1.82) is 0 Å². The normalized spacial score (nSPS) is 9.79. The van der Waals surface area contributed by atoms with E-state index in [1.165, 1.54) is 0 Å². The Hall–Kier alpha value is -1.10. The monoisotopic (exact) mass is 204 g/mol. The third kappa shape index (κ3) is 8.99. The Kier molecular flexibility index (Phi) is 7.83. The molecule has 0 aromatic rings. The molecule has 0 saturated heterocycles. The van der Waals surface area contributed by atoms with Gasteiger partial charge in [0.1, 0.15) is 0 Å². The Morgan fingerprint density at radius 2 is 1.79 bits per heavy atom. The minimum atomic E-state index is -0.836. The third-order valence-corrected chi connectivity index (χ3v) is 1.59. The summed E-state index contributed by atoms with van der Waals surface area (Å²) in [6, 6.07) is 0. The fourth-order valence-corrected chi connectivity index (χ4v) is 0.860. The van der Waals surface area contributed by atoms with Gasteiger partial charge in [0.05, 0.1) is 6.61 Å². The molecule has 0 aromatic carbocycles. The number of aliphatic hydroxyl groups is 1. The summed E-state index contributed by atoms with van der Waals surface area (Å²) >= 11 is 0. The molecule has 2 N–H and O–H groups in total. The van der Waals surface area contributed by atoms with Crippen molar-refractivity contribution in [2.24, 2.45) is 0 Å². The molecule has 0 amide bonds. The molecule has 14 heavy (non-hydrogen) atoms. The zero-order valence-electron chi connectivity index (χ0n) is 8.07. The predicted molar refractivity (Wildman–Crippen MR) is 48.8 cm³/mol. The minimum absolute atomic E-state index is 0.0197. The highest BCUT2D eigenvalue weighted by molar-refractivity contribution is 5.69. The number of rotatable bonds is 8. The van der Waals surface area contributed by atoms with Gasteiger partial charge in [-0.1, -0.05) is 0 Å². The molecule has 0 rings (SSSR count). The van der Waals surface area contributed by atoms with Crippen molar-refractivity contribution in [3.05, 3.63) is 0 Å². The summed E-state index contributed by atoms with van der Waals surface area (Å²) in [5.41, 5.74) is 0. The second kappa shape index (κ2) is 8.50. The molecule has 0 fully saturated rings. The second-order valence-electron chi connectivity index (χ2n) is 2.90. The Balaban J connectivity index is 3.19. The smallest absolute Gasteiger partial charge is 0.305 e. The van der Waals surface area contributed by atoms with Crippen LogP contribution in [0.3, 0.4) is 0 Å². The SMILES string of the molecule is O=C(O)CCCCOC(=O)CCCO. The van der Waals surface area contributed by atoms with Gasteiger partial charge in [-0.3, -0.25) is 9.59 Å². The van der Waals surface area contributed by atoms with Crippen molar-refractivity contribution < 1.29 is 24.5 Å². The molecule has 0 heterocycles. The largest absolute Gasteiger partial charge is 0.481 e. The number of unbranched alkanes of at least 4 members (excludes halogenated alkanes) is 1. The van der Waals surface area contributed by atoms with E-state index in [0.29, 0.717) is 19.3 Å². The molecule has 0 spiro atoms. The maximum Gasteiger partial charge on any atom is 0.305 e. The van der Waals surface area contributed by atoms with Crippen LogP contribution in [0.1, 0.15) is 32.1 Å². The first-order chi connectivity index (χ1) is 6.66. The fraction of sp³-hybridized carbons (Fsp3) is 0.778. The summed E-state index contributed by atoms with van der Waals surface area (Å²) in [5, 5.41) is 16.7. The third-order valence-electron chi connectivity index (χ3n) is 1.59. The van der Waals surface area contributed by atoms with Crippen molar-refractivity contribution in [3.63, 3.8) is 0 Å². The summed E-state index contributed by atoms with van der Waals surface area (Å²) in [4.78, 5) is 21.0. The zero-order chi connectivity index (χ0) is 10.8. The van der Waals surface area contributed by atoms with E-state index in [9.17, 15) is 9.59 Å². The van der Waals surface area contributed by atoms with Gasteiger partial charge in [0.15, 0.2) is 0 Å². The van der Waals surface area contributed by atoms with Crippen LogP contribution in [-0.2, 0) is 14.3 Å². The number of aliphatic carboxylic acids is 1. The van der Waals surface area contributed by atoms with Crippen LogP contribution < -0.4 is 0 Å². The molecule has 0 atom stereocenters. The van der Waals surface area contributed by atoms with E-state index in [-0.39, 0.29) is 32.0 Å². The summed E-state index contributed by atoms with van der Waals surface area (Å²) in [6.45, 7) is 0.242. The van der Waals surface area contributed by atoms with Gasteiger partial charge in [-0.15, -0.1) is 0 Å². The standard InChI is InChI=1S/C9H16O5/c10-6-3-5-9(13)14-7-2-1-4-8(11)12/h10H,1-7H2,(H,11,12). The van der Waals surface area contributed by atoms with Crippen LogP contribution in [-0.4, -0.2) is 35.4 Å². The lowest BCUT2D eigenvalue weighted by Gasteiger charge is -2.02. The quantitative estimate of drug-likeness (QED) is 0.445. The molecule has 5 heteroatoms. The van der Waals surface area contributed by atoms with Crippen LogP contribution in [0, 0.1) is 0 Å². The number of carbonyl (C=O) groups is 2. The average Bonchev–Trinajstić information content (AvgIpc) is 2.13. The molecule has 82 valence electrons. The zero-order valence-corrected chi connectivity index (χ0v) is 8.07. The molecule has 0 saturated carbocycles. The molecule has 0 unspecified atom stereocenters. The number of carboxylic acids is 1. The van der Waals surface area contributed by atoms with Crippen molar-refractivity contribution in [2.75, 3.05) is 13.2 Å². The van der Waals surface area contributed by atoms with Gasteiger partial charge >= 0.3 is 11.9 Å². The van der Waals surface area contributed by atoms with E-state index in [1.807, 2.05) is 0 Å². The van der Waals surface area contributed by atoms with E-state index in [1.54, 1.807) is 0 Å². The Labute approximate surface area is 82.7 Å². The summed E-state index contributed by atoms with van der Waals surface area (Å²) in [6.07, 6.45) is 1.82. The highest BCUT2D eigenvalue weighted by atomic mass is 16.5. The first-order valence-corrected chi connectivity index (χ1v) is 4.65. The number of hydrogen-bond acceptors (Lipinski definition) is 4. The lowest BCUT2D eigenvalue weighted by molar-refractivity contribution is -0.144. The first-order valence-electron chi connectivity index (χ1n) is 4.65. The maximum atomic E-state index is 10.8. The van der Waals surface area contributed by atoms with Gasteiger partial charge < -0.3 is 14.9 Å². The topological polar surface area (TPSA) is 83.8 Å². The molecular formula is C9H16O5. The molecular weight excluding hydrogens is 188 g/mol. The highest BCUT2D eigenvalue weighted by Crippen LogP contribution is 1.98. The number of aliphatic hydroxyl groups excluding tert-OH is 1. The number of hydrogen-bond donors (Lipinski definition) is 2. The Bertz CT molecular complexity index is 178. The highest BCUT2D eigenvalue weighted by Gasteiger charge is 2.02. The van der Waals surface area contributed by atoms with Crippen LogP contribution in [0.25, 0.3) is 0 Å². The lowest BCUT2D eigenvalue weighted by atomic mass is 10.2. The van der Waals surface area contributed by atoms with Crippen molar-refractivity contribution in [1.82, 2.24) is 0 Å². The van der Waals surface area contributed by atoms with Gasteiger partial charge in [0.25, 0.3) is 0 Å². The van der Waals surface area contributed by atoms with Crippen LogP contribution in [0.4, 0.5) is 0 Å². The first kappa shape index (κ1) is 12.9. The number of ether oxygens (including phenoxy) is 1. The lowest BCUT2D eigenvalue weighted by Crippen LogP contribution is -2.07. The van der Waals surface area contributed by atoms with Crippen LogP contribution >= 0.6 is 0 Å². The predicted octanol–water partition coefficient (Wildman–Crippen LogP) is 0.557. The van der Waals surface area contributed by atoms with E-state index in [0.717, 1.165) is 0 Å². The van der Waals surface area contributed by atoms with Crippen LogP contribution in [0.15, 0.2) is 0 Å². The average molecular weight is 204 g/mol.